The molecule has 1 aromatic rings. The lowest BCUT2D eigenvalue weighted by Crippen LogP contribution is -2.05. The number of aryl methyl sites for hydroxylation is 1. The molecule has 2 N–H and O–H groups in total. The lowest BCUT2D eigenvalue weighted by molar-refractivity contribution is -0.113. The molecule has 0 aliphatic carbocycles. The average molecular weight is 176 g/mol. The van der Waals surface area contributed by atoms with Crippen LogP contribution in [0.15, 0.2) is 24.4 Å². The standard InChI is InChI=1S/C10H12N2O/c1-2-9-7-8(5-6-12-9)3-4-10(11)13/h3-7H,2H2,1H3,(H2,11,13)/b4-3+. The van der Waals surface area contributed by atoms with E-state index in [1.165, 1.54) is 6.08 Å². The second-order valence-electron chi connectivity index (χ2n) is 2.67. The van der Waals surface area contributed by atoms with Crippen LogP contribution < -0.4 is 5.73 Å². The van der Waals surface area contributed by atoms with Crippen LogP contribution in [0.3, 0.4) is 0 Å². The molecular weight excluding hydrogens is 164 g/mol. The predicted molar refractivity (Wildman–Crippen MR) is 51.8 cm³/mol. The highest BCUT2D eigenvalue weighted by atomic mass is 16.1. The zero-order valence-electron chi connectivity index (χ0n) is 7.53. The smallest absolute Gasteiger partial charge is 0.241 e. The van der Waals surface area contributed by atoms with Gasteiger partial charge in [0, 0.05) is 18.0 Å². The summed E-state index contributed by atoms with van der Waals surface area (Å²) in [5.41, 5.74) is 6.93. The molecule has 1 amide bonds. The number of nitrogens with two attached hydrogens (primary N) is 1. The highest BCUT2D eigenvalue weighted by molar-refractivity contribution is 5.90. The number of rotatable bonds is 3. The van der Waals surface area contributed by atoms with Gasteiger partial charge >= 0.3 is 0 Å². The minimum absolute atomic E-state index is 0.435. The summed E-state index contributed by atoms with van der Waals surface area (Å²) in [6.07, 6.45) is 5.63. The van der Waals surface area contributed by atoms with E-state index >= 15 is 0 Å². The number of carbonyl (C=O) groups excluding carboxylic acids is 1. The van der Waals surface area contributed by atoms with E-state index in [1.54, 1.807) is 12.3 Å². The number of carbonyl (C=O) groups is 1. The maximum Gasteiger partial charge on any atom is 0.241 e. The number of pyridine rings is 1. The maximum absolute atomic E-state index is 10.4. The Morgan fingerprint density at radius 1 is 1.69 bits per heavy atom. The Bertz CT molecular complexity index is 331. The van der Waals surface area contributed by atoms with E-state index in [2.05, 4.69) is 4.98 Å². The van der Waals surface area contributed by atoms with E-state index in [1.807, 2.05) is 19.1 Å². The Hall–Kier alpha value is -1.64. The molecule has 0 aliphatic heterocycles. The first-order chi connectivity index (χ1) is 6.22. The molecule has 68 valence electrons. The first-order valence-corrected chi connectivity index (χ1v) is 4.15. The summed E-state index contributed by atoms with van der Waals surface area (Å²) in [5.74, 6) is -0.435. The van der Waals surface area contributed by atoms with Crippen LogP contribution >= 0.6 is 0 Å². The van der Waals surface area contributed by atoms with E-state index in [-0.39, 0.29) is 0 Å². The lowest BCUT2D eigenvalue weighted by atomic mass is 10.2. The maximum atomic E-state index is 10.4. The number of hydrogen-bond acceptors (Lipinski definition) is 2. The quantitative estimate of drug-likeness (QED) is 0.702. The van der Waals surface area contributed by atoms with Crippen LogP contribution in [-0.2, 0) is 11.2 Å². The molecular formula is C10H12N2O. The molecule has 3 nitrogen and oxygen atoms in total. The lowest BCUT2D eigenvalue weighted by Gasteiger charge is -1.96. The molecule has 0 unspecified atom stereocenters. The Morgan fingerprint density at radius 3 is 3.08 bits per heavy atom. The summed E-state index contributed by atoms with van der Waals surface area (Å²) < 4.78 is 0. The van der Waals surface area contributed by atoms with Gasteiger partial charge in [-0.15, -0.1) is 0 Å². The van der Waals surface area contributed by atoms with Gasteiger partial charge in [-0.1, -0.05) is 6.92 Å². The molecule has 0 radical (unpaired) electrons. The fourth-order valence-corrected chi connectivity index (χ4v) is 0.972. The summed E-state index contributed by atoms with van der Waals surface area (Å²) in [5, 5.41) is 0. The van der Waals surface area contributed by atoms with E-state index < -0.39 is 5.91 Å². The summed E-state index contributed by atoms with van der Waals surface area (Å²) in [7, 11) is 0. The van der Waals surface area contributed by atoms with Crippen molar-refractivity contribution in [1.82, 2.24) is 4.98 Å². The highest BCUT2D eigenvalue weighted by Crippen LogP contribution is 2.04. The van der Waals surface area contributed by atoms with Gasteiger partial charge in [-0.3, -0.25) is 9.78 Å². The highest BCUT2D eigenvalue weighted by Gasteiger charge is 1.91. The molecule has 3 heteroatoms. The van der Waals surface area contributed by atoms with Gasteiger partial charge in [-0.25, -0.2) is 0 Å². The van der Waals surface area contributed by atoms with Gasteiger partial charge in [0.1, 0.15) is 0 Å². The van der Waals surface area contributed by atoms with Crippen LogP contribution in [0.25, 0.3) is 6.08 Å². The molecule has 0 saturated carbocycles. The number of aromatic nitrogens is 1. The second kappa shape index (κ2) is 4.40. The summed E-state index contributed by atoms with van der Waals surface area (Å²) in [6, 6.07) is 3.76. The second-order valence-corrected chi connectivity index (χ2v) is 2.67. The Morgan fingerprint density at radius 2 is 2.46 bits per heavy atom. The van der Waals surface area contributed by atoms with Crippen molar-refractivity contribution in [3.63, 3.8) is 0 Å². The van der Waals surface area contributed by atoms with Gasteiger partial charge in [0.2, 0.25) is 5.91 Å². The van der Waals surface area contributed by atoms with Crippen LogP contribution in [-0.4, -0.2) is 10.9 Å². The van der Waals surface area contributed by atoms with Gasteiger partial charge in [0.15, 0.2) is 0 Å². The third-order valence-corrected chi connectivity index (χ3v) is 1.64. The van der Waals surface area contributed by atoms with E-state index in [0.29, 0.717) is 0 Å². The number of hydrogen-bond donors (Lipinski definition) is 1. The van der Waals surface area contributed by atoms with E-state index in [4.69, 9.17) is 5.73 Å². The van der Waals surface area contributed by atoms with Crippen LogP contribution in [0.2, 0.25) is 0 Å². The van der Waals surface area contributed by atoms with Crippen molar-refractivity contribution in [2.24, 2.45) is 5.73 Å². The summed E-state index contributed by atoms with van der Waals surface area (Å²) >= 11 is 0. The zero-order valence-corrected chi connectivity index (χ0v) is 7.53. The van der Waals surface area contributed by atoms with E-state index in [9.17, 15) is 4.79 Å². The molecule has 0 aromatic carbocycles. The Labute approximate surface area is 77.3 Å². The topological polar surface area (TPSA) is 56.0 Å². The third-order valence-electron chi connectivity index (χ3n) is 1.64. The summed E-state index contributed by atoms with van der Waals surface area (Å²) in [4.78, 5) is 14.6. The normalized spacial score (nSPS) is 10.5. The molecule has 0 aliphatic rings. The summed E-state index contributed by atoms with van der Waals surface area (Å²) in [6.45, 7) is 2.03. The van der Waals surface area contributed by atoms with Crippen LogP contribution in [0.5, 0.6) is 0 Å². The van der Waals surface area contributed by atoms with Crippen LogP contribution in [0.1, 0.15) is 18.2 Å². The van der Waals surface area contributed by atoms with Gasteiger partial charge in [-0.2, -0.15) is 0 Å². The molecule has 0 spiro atoms. The number of amides is 1. The number of primary amides is 1. The SMILES string of the molecule is CCc1cc(/C=C/C(N)=O)ccn1. The largest absolute Gasteiger partial charge is 0.366 e. The third kappa shape index (κ3) is 3.07. The molecule has 0 atom stereocenters. The zero-order chi connectivity index (χ0) is 9.68. The Kier molecular flexibility index (Phi) is 3.20. The fraction of sp³-hybridized carbons (Fsp3) is 0.200. The van der Waals surface area contributed by atoms with Crippen LogP contribution in [0, 0.1) is 0 Å². The minimum atomic E-state index is -0.435. The molecule has 13 heavy (non-hydrogen) atoms. The average Bonchev–Trinajstić information content (AvgIpc) is 2.15. The van der Waals surface area contributed by atoms with Crippen molar-refractivity contribution in [3.8, 4) is 0 Å². The van der Waals surface area contributed by atoms with Crippen molar-refractivity contribution < 1.29 is 4.79 Å². The van der Waals surface area contributed by atoms with Crippen molar-refractivity contribution in [3.05, 3.63) is 35.7 Å². The molecule has 1 rings (SSSR count). The molecule has 1 aromatic heterocycles. The van der Waals surface area contributed by atoms with Crippen molar-refractivity contribution >= 4 is 12.0 Å². The number of nitrogens with zero attached hydrogens (tertiary/aromatic N) is 1. The first kappa shape index (κ1) is 9.45. The molecule has 0 fully saturated rings. The van der Waals surface area contributed by atoms with Gasteiger partial charge in [0.25, 0.3) is 0 Å². The van der Waals surface area contributed by atoms with Gasteiger partial charge in [-0.05, 0) is 30.2 Å². The predicted octanol–water partition coefficient (Wildman–Crippen LogP) is 1.14. The van der Waals surface area contributed by atoms with Gasteiger partial charge < -0.3 is 5.73 Å². The Balaban J connectivity index is 2.83. The molecule has 0 bridgehead atoms. The molecule has 1 heterocycles. The van der Waals surface area contributed by atoms with Crippen molar-refractivity contribution in [2.45, 2.75) is 13.3 Å². The van der Waals surface area contributed by atoms with Crippen LogP contribution in [0.4, 0.5) is 0 Å². The van der Waals surface area contributed by atoms with E-state index in [0.717, 1.165) is 17.7 Å². The van der Waals surface area contributed by atoms with Crippen molar-refractivity contribution in [1.29, 1.82) is 0 Å². The van der Waals surface area contributed by atoms with Crippen molar-refractivity contribution in [2.75, 3.05) is 0 Å². The monoisotopic (exact) mass is 176 g/mol. The van der Waals surface area contributed by atoms with Gasteiger partial charge in [0.05, 0.1) is 0 Å². The minimum Gasteiger partial charge on any atom is -0.366 e. The fourth-order valence-electron chi connectivity index (χ4n) is 0.972. The molecule has 0 saturated heterocycles. The first-order valence-electron chi connectivity index (χ1n) is 4.15.